The van der Waals surface area contributed by atoms with Gasteiger partial charge in [0.15, 0.2) is 17.4 Å². The van der Waals surface area contributed by atoms with Crippen molar-refractivity contribution in [1.82, 2.24) is 19.5 Å². The molecule has 4 atom stereocenters. The summed E-state index contributed by atoms with van der Waals surface area (Å²) in [5.41, 5.74) is 5.43. The molecular weight excluding hydrogens is 358 g/mol. The van der Waals surface area contributed by atoms with Crippen molar-refractivity contribution < 1.29 is 25.0 Å². The third-order valence-electron chi connectivity index (χ3n) is 5.22. The first kappa shape index (κ1) is 18.1. The number of aromatic nitrogens is 4. The third kappa shape index (κ3) is 2.95. The first-order valence-corrected chi connectivity index (χ1v) is 8.87. The molecule has 0 saturated carbocycles. The Balaban J connectivity index is 1.86. The molecule has 0 unspecified atom stereocenters. The molecule has 0 aliphatic carbocycles. The molecular formula is C15H24N7O5+. The largest absolute Gasteiger partial charge is 0.394 e. The summed E-state index contributed by atoms with van der Waals surface area (Å²) < 4.78 is 7.16. The topological polar surface area (TPSA) is 167 Å². The van der Waals surface area contributed by atoms with Crippen molar-refractivity contribution in [3.8, 4) is 0 Å². The second-order valence-corrected chi connectivity index (χ2v) is 7.08. The van der Waals surface area contributed by atoms with Crippen molar-refractivity contribution in [2.24, 2.45) is 0 Å². The van der Waals surface area contributed by atoms with Gasteiger partial charge < -0.3 is 35.6 Å². The van der Waals surface area contributed by atoms with Crippen LogP contribution in [0.15, 0.2) is 4.79 Å². The van der Waals surface area contributed by atoms with Crippen molar-refractivity contribution in [3.05, 3.63) is 10.4 Å². The Labute approximate surface area is 153 Å². The summed E-state index contributed by atoms with van der Waals surface area (Å²) in [5, 5.41) is 30.0. The molecule has 0 bridgehead atoms. The molecule has 7 N–H and O–H groups in total. The number of aliphatic hydroxyl groups excluding tert-OH is 3. The van der Waals surface area contributed by atoms with Crippen molar-refractivity contribution >= 4 is 23.1 Å². The summed E-state index contributed by atoms with van der Waals surface area (Å²) in [7, 11) is 2.10. The Morgan fingerprint density at radius 1 is 1.30 bits per heavy atom. The molecule has 0 spiro atoms. The minimum Gasteiger partial charge on any atom is -0.394 e. The molecule has 12 nitrogen and oxygen atoms in total. The first-order chi connectivity index (χ1) is 12.9. The lowest BCUT2D eigenvalue weighted by Gasteiger charge is -2.32. The Bertz CT molecular complexity index is 891. The van der Waals surface area contributed by atoms with Gasteiger partial charge in [0.2, 0.25) is 11.9 Å². The number of hydrogen-bond acceptors (Lipinski definition) is 9. The second kappa shape index (κ2) is 6.73. The maximum atomic E-state index is 12.3. The number of anilines is 2. The van der Waals surface area contributed by atoms with Gasteiger partial charge in [-0.2, -0.15) is 4.98 Å². The zero-order valence-corrected chi connectivity index (χ0v) is 14.9. The number of fused-ring (bicyclic) bond motifs is 1. The summed E-state index contributed by atoms with van der Waals surface area (Å²) >= 11 is 0. The van der Waals surface area contributed by atoms with Crippen molar-refractivity contribution in [3.63, 3.8) is 0 Å². The number of quaternary nitrogens is 1. The molecule has 4 heterocycles. The molecule has 2 aromatic heterocycles. The van der Waals surface area contributed by atoms with Crippen molar-refractivity contribution in [2.45, 2.75) is 24.5 Å². The standard InChI is InChI=1S/C15H23N7O5/c1-20-2-4-21(5-3-20)15-17-8-11(18-14(16)19-12(8)26)22(15)13-10(25)9(24)7(6-23)27-13/h7,9-10,13,23-25H,2-6H2,1H3,(H3,16,18,19,26)/p+1/t7-,9-,10-,13+/m0/s1. The van der Waals surface area contributed by atoms with Crippen LogP contribution >= 0.6 is 0 Å². The van der Waals surface area contributed by atoms with Gasteiger partial charge in [0, 0.05) is 0 Å². The van der Waals surface area contributed by atoms with Gasteiger partial charge in [-0.15, -0.1) is 0 Å². The molecule has 2 saturated heterocycles. The summed E-state index contributed by atoms with van der Waals surface area (Å²) in [4.78, 5) is 26.7. The minimum absolute atomic E-state index is 0.0724. The van der Waals surface area contributed by atoms with Crippen LogP contribution in [-0.2, 0) is 4.74 Å². The monoisotopic (exact) mass is 382 g/mol. The number of aromatic amines is 1. The molecule has 148 valence electrons. The van der Waals surface area contributed by atoms with Crippen molar-refractivity contribution in [1.29, 1.82) is 0 Å². The fourth-order valence-corrected chi connectivity index (χ4v) is 3.63. The molecule has 2 aliphatic heterocycles. The van der Waals surface area contributed by atoms with Gasteiger partial charge in [0.05, 0.1) is 39.8 Å². The highest BCUT2D eigenvalue weighted by atomic mass is 16.6. The van der Waals surface area contributed by atoms with Crippen LogP contribution in [-0.4, -0.2) is 93.0 Å². The third-order valence-corrected chi connectivity index (χ3v) is 5.22. The van der Waals surface area contributed by atoms with E-state index in [1.54, 1.807) is 0 Å². The molecule has 4 rings (SSSR count). The van der Waals surface area contributed by atoms with E-state index in [9.17, 15) is 20.1 Å². The zero-order valence-electron chi connectivity index (χ0n) is 14.9. The lowest BCUT2D eigenvalue weighted by Crippen LogP contribution is -3.12. The van der Waals surface area contributed by atoms with Crippen LogP contribution in [0.2, 0.25) is 0 Å². The predicted molar refractivity (Wildman–Crippen MR) is 94.4 cm³/mol. The first-order valence-electron chi connectivity index (χ1n) is 8.87. The Hall–Kier alpha value is -2.25. The van der Waals surface area contributed by atoms with Crippen LogP contribution in [0.1, 0.15) is 6.23 Å². The number of aliphatic hydroxyl groups is 3. The number of likely N-dealkylation sites (N-methyl/N-ethyl adjacent to an activating group) is 1. The maximum absolute atomic E-state index is 12.3. The number of nitrogens with zero attached hydrogens (tertiary/aromatic N) is 4. The molecule has 2 aliphatic rings. The molecule has 0 amide bonds. The van der Waals surface area contributed by atoms with E-state index in [0.717, 1.165) is 13.1 Å². The molecule has 12 heteroatoms. The highest BCUT2D eigenvalue weighted by Gasteiger charge is 2.45. The smallest absolute Gasteiger partial charge is 0.280 e. The van der Waals surface area contributed by atoms with Crippen LogP contribution in [0, 0.1) is 0 Å². The van der Waals surface area contributed by atoms with Crippen LogP contribution in [0.5, 0.6) is 0 Å². The zero-order chi connectivity index (χ0) is 19.3. The van der Waals surface area contributed by atoms with Gasteiger partial charge in [-0.3, -0.25) is 14.3 Å². The number of imidazole rings is 1. The van der Waals surface area contributed by atoms with Crippen LogP contribution in [0.3, 0.4) is 0 Å². The average molecular weight is 382 g/mol. The van der Waals surface area contributed by atoms with E-state index in [2.05, 4.69) is 22.0 Å². The van der Waals surface area contributed by atoms with E-state index in [4.69, 9.17) is 10.5 Å². The number of hydrogen-bond donors (Lipinski definition) is 6. The highest BCUT2D eigenvalue weighted by Crippen LogP contribution is 2.35. The van der Waals surface area contributed by atoms with Gasteiger partial charge in [-0.1, -0.05) is 0 Å². The number of ether oxygens (including phenoxy) is 1. The van der Waals surface area contributed by atoms with E-state index in [1.165, 1.54) is 9.47 Å². The van der Waals surface area contributed by atoms with Crippen LogP contribution in [0.4, 0.5) is 11.9 Å². The Kier molecular flexibility index (Phi) is 4.52. The number of nitrogens with two attached hydrogens (primary N) is 1. The predicted octanol–water partition coefficient (Wildman–Crippen LogP) is -4.35. The van der Waals surface area contributed by atoms with E-state index in [-0.39, 0.29) is 17.1 Å². The quantitative estimate of drug-likeness (QED) is 0.307. The molecule has 2 fully saturated rings. The van der Waals surface area contributed by atoms with Crippen molar-refractivity contribution in [2.75, 3.05) is 50.5 Å². The average Bonchev–Trinajstić information content (AvgIpc) is 3.14. The minimum atomic E-state index is -1.32. The van der Waals surface area contributed by atoms with Gasteiger partial charge >= 0.3 is 0 Å². The van der Waals surface area contributed by atoms with E-state index >= 15 is 0 Å². The van der Waals surface area contributed by atoms with Gasteiger partial charge in [-0.25, -0.2) is 4.98 Å². The number of nitrogens with one attached hydrogen (secondary N) is 2. The number of rotatable bonds is 3. The fourth-order valence-electron chi connectivity index (χ4n) is 3.63. The van der Waals surface area contributed by atoms with Gasteiger partial charge in [0.1, 0.15) is 18.3 Å². The lowest BCUT2D eigenvalue weighted by molar-refractivity contribution is -0.880. The van der Waals surface area contributed by atoms with E-state index < -0.39 is 36.7 Å². The van der Waals surface area contributed by atoms with Gasteiger partial charge in [0.25, 0.3) is 5.56 Å². The summed E-state index contributed by atoms with van der Waals surface area (Å²) in [6, 6.07) is 0. The maximum Gasteiger partial charge on any atom is 0.280 e. The lowest BCUT2D eigenvalue weighted by atomic mass is 10.1. The SMILES string of the molecule is C[NH+]1CCN(c2nc3c(=O)[nH]c(N)nc3n2[C@@H]2O[C@@H](CO)[C@H](O)[C@@H]2O)CC1. The molecule has 2 aromatic rings. The van der Waals surface area contributed by atoms with Gasteiger partial charge in [-0.05, 0) is 0 Å². The number of piperazine rings is 1. The van der Waals surface area contributed by atoms with E-state index in [1.807, 2.05) is 4.90 Å². The Morgan fingerprint density at radius 2 is 2.00 bits per heavy atom. The summed E-state index contributed by atoms with van der Waals surface area (Å²) in [5.74, 6) is 0.325. The second-order valence-electron chi connectivity index (χ2n) is 7.08. The normalized spacial score (nSPS) is 29.7. The highest BCUT2D eigenvalue weighted by molar-refractivity contribution is 5.75. The molecule has 27 heavy (non-hydrogen) atoms. The van der Waals surface area contributed by atoms with Crippen LogP contribution < -0.4 is 21.1 Å². The van der Waals surface area contributed by atoms with E-state index in [0.29, 0.717) is 19.0 Å². The Morgan fingerprint density at radius 3 is 2.63 bits per heavy atom. The number of nitrogen functional groups attached to an aromatic ring is 1. The summed E-state index contributed by atoms with van der Waals surface area (Å²) in [6.45, 7) is 2.69. The fraction of sp³-hybridized carbons (Fsp3) is 0.667. The molecule has 0 aromatic carbocycles. The summed E-state index contributed by atoms with van der Waals surface area (Å²) in [6.07, 6.45) is -4.61. The van der Waals surface area contributed by atoms with Crippen LogP contribution in [0.25, 0.3) is 11.2 Å². The number of H-pyrrole nitrogens is 1. The molecule has 0 radical (unpaired) electrons.